The van der Waals surface area contributed by atoms with Gasteiger partial charge in [0.1, 0.15) is 17.7 Å². The number of hydrogen-bond acceptors (Lipinski definition) is 5. The van der Waals surface area contributed by atoms with Crippen LogP contribution in [0.4, 0.5) is 5.82 Å². The third-order valence-corrected chi connectivity index (χ3v) is 3.52. The largest absolute Gasteiger partial charge is 0.489 e. The van der Waals surface area contributed by atoms with E-state index in [0.717, 1.165) is 63.7 Å². The van der Waals surface area contributed by atoms with Gasteiger partial charge in [0, 0.05) is 13.2 Å². The SMILES string of the molecule is CCCCOCCNc1ccc(OC2CCNCC2)cn1. The summed E-state index contributed by atoms with van der Waals surface area (Å²) in [5.74, 6) is 1.72. The molecule has 1 aromatic heterocycles. The molecule has 2 heterocycles. The Balaban J connectivity index is 1.64. The van der Waals surface area contributed by atoms with Crippen molar-refractivity contribution in [3.63, 3.8) is 0 Å². The highest BCUT2D eigenvalue weighted by molar-refractivity contribution is 5.37. The molecule has 2 rings (SSSR count). The molecule has 1 aromatic rings. The van der Waals surface area contributed by atoms with Crippen molar-refractivity contribution in [3.05, 3.63) is 18.3 Å². The maximum absolute atomic E-state index is 5.93. The van der Waals surface area contributed by atoms with E-state index in [1.165, 1.54) is 6.42 Å². The summed E-state index contributed by atoms with van der Waals surface area (Å²) in [4.78, 5) is 4.37. The van der Waals surface area contributed by atoms with Crippen LogP contribution in [-0.2, 0) is 4.74 Å². The fraction of sp³-hybridized carbons (Fsp3) is 0.688. The van der Waals surface area contributed by atoms with Crippen LogP contribution in [0, 0.1) is 0 Å². The summed E-state index contributed by atoms with van der Waals surface area (Å²) in [6.45, 7) is 6.58. The van der Waals surface area contributed by atoms with E-state index in [1.54, 1.807) is 6.20 Å². The zero-order valence-corrected chi connectivity index (χ0v) is 12.9. The van der Waals surface area contributed by atoms with Crippen molar-refractivity contribution in [2.45, 2.75) is 38.7 Å². The monoisotopic (exact) mass is 293 g/mol. The van der Waals surface area contributed by atoms with Gasteiger partial charge in [0.15, 0.2) is 0 Å². The Labute approximate surface area is 127 Å². The molecule has 2 N–H and O–H groups in total. The minimum Gasteiger partial charge on any atom is -0.489 e. The highest BCUT2D eigenvalue weighted by Crippen LogP contribution is 2.17. The topological polar surface area (TPSA) is 55.4 Å². The van der Waals surface area contributed by atoms with Gasteiger partial charge < -0.3 is 20.1 Å². The summed E-state index contributed by atoms with van der Waals surface area (Å²) in [5.41, 5.74) is 0. The molecule has 118 valence electrons. The van der Waals surface area contributed by atoms with E-state index >= 15 is 0 Å². The van der Waals surface area contributed by atoms with Crippen LogP contribution in [0.2, 0.25) is 0 Å². The number of nitrogens with one attached hydrogen (secondary N) is 2. The summed E-state index contributed by atoms with van der Waals surface area (Å²) >= 11 is 0. The molecule has 0 atom stereocenters. The fourth-order valence-electron chi connectivity index (χ4n) is 2.26. The number of ether oxygens (including phenoxy) is 2. The number of aromatic nitrogens is 1. The lowest BCUT2D eigenvalue weighted by Gasteiger charge is -2.23. The van der Waals surface area contributed by atoms with Crippen LogP contribution in [0.25, 0.3) is 0 Å². The van der Waals surface area contributed by atoms with Crippen molar-refractivity contribution >= 4 is 5.82 Å². The van der Waals surface area contributed by atoms with E-state index in [4.69, 9.17) is 9.47 Å². The smallest absolute Gasteiger partial charge is 0.138 e. The lowest BCUT2D eigenvalue weighted by molar-refractivity contribution is 0.141. The normalized spacial score (nSPS) is 15.9. The number of anilines is 1. The van der Waals surface area contributed by atoms with E-state index < -0.39 is 0 Å². The van der Waals surface area contributed by atoms with Crippen molar-refractivity contribution in [2.24, 2.45) is 0 Å². The van der Waals surface area contributed by atoms with Gasteiger partial charge in [0.2, 0.25) is 0 Å². The van der Waals surface area contributed by atoms with Crippen LogP contribution in [-0.4, -0.2) is 43.9 Å². The van der Waals surface area contributed by atoms with Gasteiger partial charge in [-0.1, -0.05) is 13.3 Å². The second-order valence-corrected chi connectivity index (χ2v) is 5.34. The van der Waals surface area contributed by atoms with Crippen LogP contribution in [0.1, 0.15) is 32.6 Å². The van der Waals surface area contributed by atoms with Gasteiger partial charge in [-0.3, -0.25) is 0 Å². The van der Waals surface area contributed by atoms with Gasteiger partial charge >= 0.3 is 0 Å². The molecule has 0 aromatic carbocycles. The van der Waals surface area contributed by atoms with Crippen molar-refractivity contribution in [1.82, 2.24) is 10.3 Å². The first-order valence-electron chi connectivity index (χ1n) is 8.03. The Bertz CT molecular complexity index is 378. The van der Waals surface area contributed by atoms with E-state index in [2.05, 4.69) is 22.5 Å². The maximum Gasteiger partial charge on any atom is 0.138 e. The van der Waals surface area contributed by atoms with Crippen LogP contribution in [0.3, 0.4) is 0 Å². The Hall–Kier alpha value is -1.33. The van der Waals surface area contributed by atoms with Crippen molar-refractivity contribution in [3.8, 4) is 5.75 Å². The lowest BCUT2D eigenvalue weighted by atomic mass is 10.1. The van der Waals surface area contributed by atoms with Crippen molar-refractivity contribution in [1.29, 1.82) is 0 Å². The van der Waals surface area contributed by atoms with E-state index in [0.29, 0.717) is 6.10 Å². The average Bonchev–Trinajstić information content (AvgIpc) is 2.53. The molecule has 0 spiro atoms. The molecule has 0 aliphatic carbocycles. The van der Waals surface area contributed by atoms with Gasteiger partial charge in [-0.2, -0.15) is 0 Å². The molecule has 1 saturated heterocycles. The number of rotatable bonds is 9. The molecule has 1 aliphatic rings. The molecule has 0 amide bonds. The Morgan fingerprint density at radius 3 is 2.86 bits per heavy atom. The summed E-state index contributed by atoms with van der Waals surface area (Å²) < 4.78 is 11.4. The predicted molar refractivity (Wildman–Crippen MR) is 85.0 cm³/mol. The summed E-state index contributed by atoms with van der Waals surface area (Å²) in [7, 11) is 0. The minimum absolute atomic E-state index is 0.318. The fourth-order valence-corrected chi connectivity index (χ4v) is 2.26. The number of pyridine rings is 1. The third kappa shape index (κ3) is 6.31. The van der Waals surface area contributed by atoms with E-state index in [1.807, 2.05) is 12.1 Å². The first-order chi connectivity index (χ1) is 10.4. The molecule has 21 heavy (non-hydrogen) atoms. The Kier molecular flexibility index (Phi) is 7.32. The summed E-state index contributed by atoms with van der Waals surface area (Å²) in [6, 6.07) is 3.94. The number of piperidine rings is 1. The minimum atomic E-state index is 0.318. The molecular formula is C16H27N3O2. The Morgan fingerprint density at radius 1 is 1.29 bits per heavy atom. The van der Waals surface area contributed by atoms with Gasteiger partial charge in [-0.15, -0.1) is 0 Å². The van der Waals surface area contributed by atoms with Gasteiger partial charge in [-0.25, -0.2) is 4.98 Å². The van der Waals surface area contributed by atoms with Gasteiger partial charge in [0.25, 0.3) is 0 Å². The zero-order valence-electron chi connectivity index (χ0n) is 12.9. The molecule has 1 fully saturated rings. The predicted octanol–water partition coefficient (Wildman–Crippen LogP) is 2.44. The zero-order chi connectivity index (χ0) is 14.8. The number of hydrogen-bond donors (Lipinski definition) is 2. The molecule has 5 nitrogen and oxygen atoms in total. The maximum atomic E-state index is 5.93. The van der Waals surface area contributed by atoms with E-state index in [-0.39, 0.29) is 0 Å². The highest BCUT2D eigenvalue weighted by atomic mass is 16.5. The molecule has 0 bridgehead atoms. The first kappa shape index (κ1) is 16.0. The van der Waals surface area contributed by atoms with Crippen LogP contribution in [0.15, 0.2) is 18.3 Å². The van der Waals surface area contributed by atoms with Gasteiger partial charge in [0.05, 0.1) is 12.8 Å². The number of unbranched alkanes of at least 4 members (excludes halogenated alkanes) is 1. The highest BCUT2D eigenvalue weighted by Gasteiger charge is 2.14. The quantitative estimate of drug-likeness (QED) is 0.685. The van der Waals surface area contributed by atoms with Crippen LogP contribution < -0.4 is 15.4 Å². The average molecular weight is 293 g/mol. The van der Waals surface area contributed by atoms with Crippen molar-refractivity contribution < 1.29 is 9.47 Å². The molecule has 0 radical (unpaired) electrons. The van der Waals surface area contributed by atoms with Gasteiger partial charge in [-0.05, 0) is 44.5 Å². The molecule has 0 unspecified atom stereocenters. The standard InChI is InChI=1S/C16H27N3O2/c1-2-3-11-20-12-10-18-16-5-4-15(13-19-16)21-14-6-8-17-9-7-14/h4-5,13-14,17H,2-3,6-12H2,1H3,(H,18,19). The van der Waals surface area contributed by atoms with Crippen molar-refractivity contribution in [2.75, 3.05) is 38.2 Å². The third-order valence-electron chi connectivity index (χ3n) is 3.52. The molecular weight excluding hydrogens is 266 g/mol. The second-order valence-electron chi connectivity index (χ2n) is 5.34. The molecule has 1 aliphatic heterocycles. The Morgan fingerprint density at radius 2 is 2.14 bits per heavy atom. The lowest BCUT2D eigenvalue weighted by Crippen LogP contribution is -2.34. The number of nitrogens with zero attached hydrogens (tertiary/aromatic N) is 1. The first-order valence-corrected chi connectivity index (χ1v) is 8.03. The molecule has 5 heteroatoms. The molecule has 0 saturated carbocycles. The summed E-state index contributed by atoms with van der Waals surface area (Å²) in [5, 5.41) is 6.58. The van der Waals surface area contributed by atoms with Crippen LogP contribution >= 0.6 is 0 Å². The summed E-state index contributed by atoms with van der Waals surface area (Å²) in [6.07, 6.45) is 6.54. The second kappa shape index (κ2) is 9.58. The van der Waals surface area contributed by atoms with E-state index in [9.17, 15) is 0 Å². The van der Waals surface area contributed by atoms with Crippen LogP contribution in [0.5, 0.6) is 5.75 Å².